The summed E-state index contributed by atoms with van der Waals surface area (Å²) >= 11 is 0. The highest BCUT2D eigenvalue weighted by atomic mass is 16.6. The first-order valence-corrected chi connectivity index (χ1v) is 6.88. The Morgan fingerprint density at radius 3 is 2.43 bits per heavy atom. The average Bonchev–Trinajstić information content (AvgIpc) is 2.55. The molecule has 0 aliphatic carbocycles. The van der Waals surface area contributed by atoms with Crippen molar-refractivity contribution in [1.82, 2.24) is 5.32 Å². The summed E-state index contributed by atoms with van der Waals surface area (Å²) < 4.78 is 0. The number of amides is 2. The van der Waals surface area contributed by atoms with Crippen molar-refractivity contribution in [3.63, 3.8) is 0 Å². The topological polar surface area (TPSA) is 101 Å². The van der Waals surface area contributed by atoms with E-state index in [-0.39, 0.29) is 17.2 Å². The maximum atomic E-state index is 12.1. The van der Waals surface area contributed by atoms with Crippen molar-refractivity contribution in [2.24, 2.45) is 0 Å². The minimum atomic E-state index is -0.790. The Labute approximate surface area is 132 Å². The smallest absolute Gasteiger partial charge is 0.270 e. The van der Waals surface area contributed by atoms with Crippen molar-refractivity contribution >= 4 is 23.2 Å². The molecular weight excluding hydrogens is 298 g/mol. The molecule has 7 heteroatoms. The Balaban J connectivity index is 2.00. The second kappa shape index (κ2) is 7.17. The summed E-state index contributed by atoms with van der Waals surface area (Å²) in [5, 5.41) is 15.9. The van der Waals surface area contributed by atoms with Crippen LogP contribution >= 0.6 is 0 Å². The summed E-state index contributed by atoms with van der Waals surface area (Å²) in [5.41, 5.74) is 0.562. The third-order valence-corrected chi connectivity index (χ3v) is 3.10. The van der Waals surface area contributed by atoms with Gasteiger partial charge in [-0.05, 0) is 25.1 Å². The molecule has 7 nitrogen and oxygen atoms in total. The van der Waals surface area contributed by atoms with Crippen LogP contribution in [0.3, 0.4) is 0 Å². The molecule has 2 N–H and O–H groups in total. The molecule has 0 radical (unpaired) electrons. The molecule has 0 saturated heterocycles. The van der Waals surface area contributed by atoms with E-state index in [0.717, 1.165) is 6.07 Å². The van der Waals surface area contributed by atoms with Gasteiger partial charge in [0.25, 0.3) is 11.6 Å². The molecule has 23 heavy (non-hydrogen) atoms. The highest BCUT2D eigenvalue weighted by Gasteiger charge is 2.18. The maximum absolute atomic E-state index is 12.1. The Morgan fingerprint density at radius 1 is 1.09 bits per heavy atom. The van der Waals surface area contributed by atoms with Gasteiger partial charge >= 0.3 is 0 Å². The predicted molar refractivity (Wildman–Crippen MR) is 85.1 cm³/mol. The van der Waals surface area contributed by atoms with Gasteiger partial charge in [0.2, 0.25) is 5.91 Å². The number of carbonyl (C=O) groups excluding carboxylic acids is 2. The number of para-hydroxylation sites is 1. The van der Waals surface area contributed by atoms with Crippen molar-refractivity contribution in [3.05, 3.63) is 70.3 Å². The highest BCUT2D eigenvalue weighted by molar-refractivity contribution is 6.01. The summed E-state index contributed by atoms with van der Waals surface area (Å²) in [6.07, 6.45) is 0. The van der Waals surface area contributed by atoms with Crippen LogP contribution in [0.1, 0.15) is 17.3 Å². The molecule has 2 rings (SSSR count). The van der Waals surface area contributed by atoms with Crippen LogP contribution in [0.5, 0.6) is 0 Å². The first-order valence-electron chi connectivity index (χ1n) is 6.88. The van der Waals surface area contributed by atoms with E-state index in [9.17, 15) is 19.7 Å². The number of rotatable bonds is 5. The lowest BCUT2D eigenvalue weighted by atomic mass is 10.1. The van der Waals surface area contributed by atoms with Gasteiger partial charge < -0.3 is 10.6 Å². The summed E-state index contributed by atoms with van der Waals surface area (Å²) in [6.45, 7) is 1.54. The van der Waals surface area contributed by atoms with Gasteiger partial charge in [0.05, 0.1) is 4.92 Å². The number of hydrogen-bond donors (Lipinski definition) is 2. The third-order valence-electron chi connectivity index (χ3n) is 3.10. The van der Waals surface area contributed by atoms with E-state index in [2.05, 4.69) is 10.6 Å². The lowest BCUT2D eigenvalue weighted by Gasteiger charge is -2.14. The number of non-ortho nitro benzene ring substituents is 1. The Bertz CT molecular complexity index is 731. The fraction of sp³-hybridized carbons (Fsp3) is 0.125. The summed E-state index contributed by atoms with van der Waals surface area (Å²) in [7, 11) is 0. The fourth-order valence-electron chi connectivity index (χ4n) is 1.88. The van der Waals surface area contributed by atoms with Gasteiger partial charge in [-0.25, -0.2) is 0 Å². The fourth-order valence-corrected chi connectivity index (χ4v) is 1.88. The van der Waals surface area contributed by atoms with E-state index < -0.39 is 16.9 Å². The van der Waals surface area contributed by atoms with Crippen LogP contribution in [0.4, 0.5) is 11.4 Å². The van der Waals surface area contributed by atoms with Crippen LogP contribution in [0.25, 0.3) is 0 Å². The summed E-state index contributed by atoms with van der Waals surface area (Å²) in [4.78, 5) is 34.2. The van der Waals surface area contributed by atoms with Gasteiger partial charge in [-0.15, -0.1) is 0 Å². The Hall–Kier alpha value is -3.22. The average molecular weight is 313 g/mol. The summed E-state index contributed by atoms with van der Waals surface area (Å²) in [5.74, 6) is -0.931. The van der Waals surface area contributed by atoms with Gasteiger partial charge in [-0.3, -0.25) is 19.7 Å². The van der Waals surface area contributed by atoms with Crippen LogP contribution in [0.15, 0.2) is 54.6 Å². The third kappa shape index (κ3) is 4.37. The van der Waals surface area contributed by atoms with E-state index in [1.54, 1.807) is 24.3 Å². The molecule has 0 heterocycles. The van der Waals surface area contributed by atoms with E-state index in [0.29, 0.717) is 5.69 Å². The first-order chi connectivity index (χ1) is 11.0. The normalized spacial score (nSPS) is 11.3. The first kappa shape index (κ1) is 16.2. The molecule has 118 valence electrons. The molecule has 0 aliphatic heterocycles. The largest absolute Gasteiger partial charge is 0.341 e. The minimum Gasteiger partial charge on any atom is -0.341 e. The van der Waals surface area contributed by atoms with E-state index in [1.807, 2.05) is 6.07 Å². The number of nitro groups is 1. The standard InChI is InChI=1S/C16H15N3O4/c1-11(15(20)18-13-7-3-2-4-8-13)17-16(21)12-6-5-9-14(10-12)19(22)23/h2-11H,1H3,(H,17,21)(H,18,20). The monoisotopic (exact) mass is 313 g/mol. The van der Waals surface area contributed by atoms with Crippen molar-refractivity contribution < 1.29 is 14.5 Å². The van der Waals surface area contributed by atoms with Crippen LogP contribution in [0, 0.1) is 10.1 Å². The minimum absolute atomic E-state index is 0.124. The number of benzene rings is 2. The number of carbonyl (C=O) groups is 2. The zero-order valence-corrected chi connectivity index (χ0v) is 12.4. The number of anilines is 1. The van der Waals surface area contributed by atoms with E-state index in [4.69, 9.17) is 0 Å². The van der Waals surface area contributed by atoms with Crippen LogP contribution in [-0.4, -0.2) is 22.8 Å². The zero-order chi connectivity index (χ0) is 16.8. The SMILES string of the molecule is CC(NC(=O)c1cccc([N+](=O)[O-])c1)C(=O)Nc1ccccc1. The molecule has 0 saturated carbocycles. The highest BCUT2D eigenvalue weighted by Crippen LogP contribution is 2.13. The molecule has 1 atom stereocenters. The molecule has 0 aromatic heterocycles. The van der Waals surface area contributed by atoms with Gasteiger partial charge in [0, 0.05) is 23.4 Å². The quantitative estimate of drug-likeness (QED) is 0.653. The van der Waals surface area contributed by atoms with Gasteiger partial charge in [-0.2, -0.15) is 0 Å². The lowest BCUT2D eigenvalue weighted by Crippen LogP contribution is -2.41. The second-order valence-electron chi connectivity index (χ2n) is 4.86. The molecule has 0 fully saturated rings. The van der Waals surface area contributed by atoms with Crippen molar-refractivity contribution in [1.29, 1.82) is 0 Å². The van der Waals surface area contributed by atoms with Crippen molar-refractivity contribution in [3.8, 4) is 0 Å². The van der Waals surface area contributed by atoms with Crippen LogP contribution in [-0.2, 0) is 4.79 Å². The van der Waals surface area contributed by atoms with Crippen LogP contribution < -0.4 is 10.6 Å². The number of hydrogen-bond acceptors (Lipinski definition) is 4. The number of nitrogens with zero attached hydrogens (tertiary/aromatic N) is 1. The number of nitrogens with one attached hydrogen (secondary N) is 2. The molecule has 2 aromatic rings. The molecule has 1 unspecified atom stereocenters. The molecule has 2 amide bonds. The van der Waals surface area contributed by atoms with Gasteiger partial charge in [0.1, 0.15) is 6.04 Å². The Kier molecular flexibility index (Phi) is 5.03. The van der Waals surface area contributed by atoms with Crippen molar-refractivity contribution in [2.75, 3.05) is 5.32 Å². The molecule has 0 bridgehead atoms. The van der Waals surface area contributed by atoms with Gasteiger partial charge in [-0.1, -0.05) is 24.3 Å². The van der Waals surface area contributed by atoms with E-state index in [1.165, 1.54) is 25.1 Å². The molecular formula is C16H15N3O4. The number of nitro benzene ring substituents is 1. The summed E-state index contributed by atoms with van der Waals surface area (Å²) in [6, 6.07) is 13.4. The lowest BCUT2D eigenvalue weighted by molar-refractivity contribution is -0.384. The Morgan fingerprint density at radius 2 is 1.78 bits per heavy atom. The van der Waals surface area contributed by atoms with Crippen molar-refractivity contribution in [2.45, 2.75) is 13.0 Å². The maximum Gasteiger partial charge on any atom is 0.270 e. The second-order valence-corrected chi connectivity index (χ2v) is 4.86. The molecule has 2 aromatic carbocycles. The van der Waals surface area contributed by atoms with E-state index >= 15 is 0 Å². The molecule has 0 aliphatic rings. The van der Waals surface area contributed by atoms with Crippen LogP contribution in [0.2, 0.25) is 0 Å². The predicted octanol–water partition coefficient (Wildman–Crippen LogP) is 2.35. The zero-order valence-electron chi connectivity index (χ0n) is 12.4. The van der Waals surface area contributed by atoms with Gasteiger partial charge in [0.15, 0.2) is 0 Å². The molecule has 0 spiro atoms.